The van der Waals surface area contributed by atoms with E-state index in [-0.39, 0.29) is 23.4 Å². The van der Waals surface area contributed by atoms with Gasteiger partial charge in [-0.3, -0.25) is 4.79 Å². The average molecular weight is 433 g/mol. The molecule has 5 nitrogen and oxygen atoms in total. The van der Waals surface area contributed by atoms with Crippen LogP contribution in [0.15, 0.2) is 71.9 Å². The number of benzene rings is 2. The minimum atomic E-state index is -0.106. The number of halogens is 1. The van der Waals surface area contributed by atoms with Gasteiger partial charge in [-0.25, -0.2) is 0 Å². The van der Waals surface area contributed by atoms with E-state index >= 15 is 0 Å². The number of nitrogens with one attached hydrogen (secondary N) is 1. The van der Waals surface area contributed by atoms with Crippen molar-refractivity contribution in [3.8, 4) is 11.5 Å². The van der Waals surface area contributed by atoms with E-state index in [1.165, 1.54) is 6.07 Å². The Morgan fingerprint density at radius 3 is 2.15 bits per heavy atom. The number of carbonyl (C=O) groups is 1. The standard InChI is InChI=1S/C12H14BrNO.C9H11NO2/c1-8(2)12(15)14-9(3)10-4-6-11(13)7-5-10;1-3-10(2)7-4-8(11)6-9(12)5-7/h4-7,9H,1H2,2-3H3,(H,14,15);3-6,11-12H,1H2,2H3. The third-order valence-electron chi connectivity index (χ3n) is 3.67. The highest BCUT2D eigenvalue weighted by molar-refractivity contribution is 9.10. The summed E-state index contributed by atoms with van der Waals surface area (Å²) in [6.07, 6.45) is 1.59. The lowest BCUT2D eigenvalue weighted by Gasteiger charge is -2.14. The Hall–Kier alpha value is -2.73. The lowest BCUT2D eigenvalue weighted by Crippen LogP contribution is -2.26. The summed E-state index contributed by atoms with van der Waals surface area (Å²) in [6, 6.07) is 12.2. The fourth-order valence-corrected chi connectivity index (χ4v) is 2.31. The zero-order chi connectivity index (χ0) is 20.6. The highest BCUT2D eigenvalue weighted by Crippen LogP contribution is 2.26. The van der Waals surface area contributed by atoms with Crippen LogP contribution in [0.3, 0.4) is 0 Å². The minimum Gasteiger partial charge on any atom is -0.508 e. The molecular formula is C21H25BrN2O3. The molecule has 0 saturated heterocycles. The van der Waals surface area contributed by atoms with Crippen molar-refractivity contribution in [3.63, 3.8) is 0 Å². The summed E-state index contributed by atoms with van der Waals surface area (Å²) in [5.74, 6) is -0.0252. The largest absolute Gasteiger partial charge is 0.508 e. The van der Waals surface area contributed by atoms with Crippen molar-refractivity contribution in [2.45, 2.75) is 19.9 Å². The van der Waals surface area contributed by atoms with Crippen molar-refractivity contribution in [2.75, 3.05) is 11.9 Å². The molecular weight excluding hydrogens is 408 g/mol. The van der Waals surface area contributed by atoms with E-state index in [2.05, 4.69) is 34.4 Å². The Morgan fingerprint density at radius 2 is 1.70 bits per heavy atom. The lowest BCUT2D eigenvalue weighted by atomic mass is 10.1. The number of rotatable bonds is 5. The molecule has 1 amide bonds. The summed E-state index contributed by atoms with van der Waals surface area (Å²) < 4.78 is 1.03. The van der Waals surface area contributed by atoms with Gasteiger partial charge in [0.25, 0.3) is 0 Å². The van der Waals surface area contributed by atoms with Crippen molar-refractivity contribution >= 4 is 27.5 Å². The zero-order valence-corrected chi connectivity index (χ0v) is 17.3. The molecule has 0 aromatic heterocycles. The van der Waals surface area contributed by atoms with Crippen molar-refractivity contribution in [1.29, 1.82) is 0 Å². The summed E-state index contributed by atoms with van der Waals surface area (Å²) in [7, 11) is 1.78. The second kappa shape index (κ2) is 10.4. The number of phenols is 2. The van der Waals surface area contributed by atoms with Gasteiger partial charge in [-0.05, 0) is 37.7 Å². The van der Waals surface area contributed by atoms with Crippen LogP contribution < -0.4 is 10.2 Å². The van der Waals surface area contributed by atoms with Crippen molar-refractivity contribution in [3.05, 3.63) is 77.4 Å². The minimum absolute atomic E-state index is 0.00213. The predicted octanol–water partition coefficient (Wildman–Crippen LogP) is 4.88. The number of anilines is 1. The molecule has 0 saturated carbocycles. The van der Waals surface area contributed by atoms with Crippen LogP contribution in [0.5, 0.6) is 11.5 Å². The summed E-state index contributed by atoms with van der Waals surface area (Å²) in [4.78, 5) is 13.1. The van der Waals surface area contributed by atoms with E-state index in [1.807, 2.05) is 31.2 Å². The molecule has 1 unspecified atom stereocenters. The second-order valence-corrected chi connectivity index (χ2v) is 6.94. The second-order valence-electron chi connectivity index (χ2n) is 6.03. The molecule has 0 heterocycles. The van der Waals surface area contributed by atoms with E-state index in [4.69, 9.17) is 10.2 Å². The predicted molar refractivity (Wildman–Crippen MR) is 114 cm³/mol. The van der Waals surface area contributed by atoms with Gasteiger partial charge in [-0.2, -0.15) is 0 Å². The first-order valence-corrected chi connectivity index (χ1v) is 9.03. The lowest BCUT2D eigenvalue weighted by molar-refractivity contribution is -0.118. The van der Waals surface area contributed by atoms with Gasteiger partial charge in [0, 0.05) is 41.0 Å². The number of aromatic hydroxyl groups is 2. The smallest absolute Gasteiger partial charge is 0.246 e. The van der Waals surface area contributed by atoms with Gasteiger partial charge in [0.15, 0.2) is 0 Å². The third kappa shape index (κ3) is 7.58. The highest BCUT2D eigenvalue weighted by atomic mass is 79.9. The molecule has 0 aliphatic rings. The Balaban J connectivity index is 0.000000277. The van der Waals surface area contributed by atoms with Gasteiger partial charge in [0.1, 0.15) is 11.5 Å². The molecule has 0 fully saturated rings. The summed E-state index contributed by atoms with van der Waals surface area (Å²) >= 11 is 3.37. The van der Waals surface area contributed by atoms with Crippen LogP contribution in [0.1, 0.15) is 25.5 Å². The van der Waals surface area contributed by atoms with Crippen LogP contribution in [0.4, 0.5) is 5.69 Å². The normalized spacial score (nSPS) is 10.8. The van der Waals surface area contributed by atoms with Gasteiger partial charge in [-0.1, -0.05) is 41.2 Å². The van der Waals surface area contributed by atoms with Crippen LogP contribution >= 0.6 is 15.9 Å². The van der Waals surface area contributed by atoms with E-state index in [0.717, 1.165) is 10.0 Å². The number of amides is 1. The first-order chi connectivity index (χ1) is 12.6. The first kappa shape index (κ1) is 22.3. The molecule has 2 aromatic carbocycles. The van der Waals surface area contributed by atoms with Crippen LogP contribution in [-0.4, -0.2) is 23.2 Å². The molecule has 0 radical (unpaired) electrons. The number of hydrogen-bond acceptors (Lipinski definition) is 4. The van der Waals surface area contributed by atoms with Gasteiger partial charge in [0.2, 0.25) is 5.91 Å². The molecule has 2 aromatic rings. The fourth-order valence-electron chi connectivity index (χ4n) is 2.04. The number of phenolic OH excluding ortho intramolecular Hbond substituents is 2. The average Bonchev–Trinajstić information content (AvgIpc) is 2.61. The third-order valence-corrected chi connectivity index (χ3v) is 4.20. The Morgan fingerprint density at radius 1 is 1.19 bits per heavy atom. The molecule has 0 aliphatic heterocycles. The number of hydrogen-bond donors (Lipinski definition) is 3. The Bertz CT molecular complexity index is 783. The maximum atomic E-state index is 11.4. The fraction of sp³-hybridized carbons (Fsp3) is 0.190. The maximum absolute atomic E-state index is 11.4. The van der Waals surface area contributed by atoms with Crippen LogP contribution in [0.25, 0.3) is 0 Å². The van der Waals surface area contributed by atoms with Gasteiger partial charge >= 0.3 is 0 Å². The van der Waals surface area contributed by atoms with E-state index in [9.17, 15) is 4.79 Å². The summed E-state index contributed by atoms with van der Waals surface area (Å²) in [5.41, 5.74) is 2.30. The molecule has 1 atom stereocenters. The van der Waals surface area contributed by atoms with E-state index in [0.29, 0.717) is 11.3 Å². The Kier molecular flexibility index (Phi) is 8.62. The van der Waals surface area contributed by atoms with E-state index in [1.54, 1.807) is 37.2 Å². The molecule has 0 aliphatic carbocycles. The maximum Gasteiger partial charge on any atom is 0.246 e. The molecule has 6 heteroatoms. The van der Waals surface area contributed by atoms with Gasteiger partial charge < -0.3 is 20.4 Å². The Labute approximate surface area is 168 Å². The molecule has 27 heavy (non-hydrogen) atoms. The topological polar surface area (TPSA) is 72.8 Å². The quantitative estimate of drug-likeness (QED) is 0.588. The van der Waals surface area contributed by atoms with Crippen LogP contribution in [0.2, 0.25) is 0 Å². The number of carbonyl (C=O) groups excluding carboxylic acids is 1. The molecule has 0 bridgehead atoms. The first-order valence-electron chi connectivity index (χ1n) is 8.24. The van der Waals surface area contributed by atoms with Crippen molar-refractivity contribution in [1.82, 2.24) is 5.32 Å². The van der Waals surface area contributed by atoms with Crippen molar-refractivity contribution < 1.29 is 15.0 Å². The monoisotopic (exact) mass is 432 g/mol. The SMILES string of the molecule is C=C(C)C(=O)NC(C)c1ccc(Br)cc1.C=CN(C)c1cc(O)cc(O)c1. The van der Waals surface area contributed by atoms with Crippen LogP contribution in [-0.2, 0) is 4.79 Å². The van der Waals surface area contributed by atoms with Gasteiger partial charge in [0.05, 0.1) is 6.04 Å². The van der Waals surface area contributed by atoms with Crippen LogP contribution in [0, 0.1) is 0 Å². The molecule has 144 valence electrons. The van der Waals surface area contributed by atoms with Crippen molar-refractivity contribution in [2.24, 2.45) is 0 Å². The number of nitrogens with zero attached hydrogens (tertiary/aromatic N) is 1. The molecule has 0 spiro atoms. The summed E-state index contributed by atoms with van der Waals surface area (Å²) in [6.45, 7) is 10.8. The zero-order valence-electron chi connectivity index (χ0n) is 15.7. The summed E-state index contributed by atoms with van der Waals surface area (Å²) in [5, 5.41) is 21.1. The van der Waals surface area contributed by atoms with Gasteiger partial charge in [-0.15, -0.1) is 0 Å². The molecule has 2 rings (SSSR count). The highest BCUT2D eigenvalue weighted by Gasteiger charge is 2.09. The van der Waals surface area contributed by atoms with E-state index < -0.39 is 0 Å². The molecule has 3 N–H and O–H groups in total.